The minimum Gasteiger partial charge on any atom is -0.478 e. The van der Waals surface area contributed by atoms with Gasteiger partial charge in [-0.3, -0.25) is 4.57 Å². The summed E-state index contributed by atoms with van der Waals surface area (Å²) < 4.78 is 7.32. The molecule has 3 heterocycles. The predicted molar refractivity (Wildman–Crippen MR) is 55.4 cm³/mol. The van der Waals surface area contributed by atoms with Crippen molar-refractivity contribution in [3.05, 3.63) is 16.0 Å². The zero-order valence-electron chi connectivity index (χ0n) is 8.45. The van der Waals surface area contributed by atoms with Gasteiger partial charge >= 0.3 is 5.69 Å². The van der Waals surface area contributed by atoms with Gasteiger partial charge in [-0.15, -0.1) is 0 Å². The van der Waals surface area contributed by atoms with Crippen LogP contribution in [0.5, 0.6) is 5.88 Å². The summed E-state index contributed by atoms with van der Waals surface area (Å²) >= 11 is 0. The van der Waals surface area contributed by atoms with E-state index in [9.17, 15) is 4.79 Å². The molecule has 0 aliphatic carbocycles. The second kappa shape index (κ2) is 3.25. The van der Waals surface area contributed by atoms with Gasteiger partial charge in [-0.2, -0.15) is 4.98 Å². The Labute approximate surface area is 87.1 Å². The number of fused-ring (bicyclic) bond motifs is 3. The highest BCUT2D eigenvalue weighted by Crippen LogP contribution is 2.29. The molecule has 0 amide bonds. The number of anilines is 1. The Morgan fingerprint density at radius 2 is 2.33 bits per heavy atom. The maximum Gasteiger partial charge on any atom is 0.352 e. The van der Waals surface area contributed by atoms with Crippen molar-refractivity contribution in [2.24, 2.45) is 0 Å². The van der Waals surface area contributed by atoms with Gasteiger partial charge in [-0.05, 0) is 19.3 Å². The van der Waals surface area contributed by atoms with Gasteiger partial charge in [-0.1, -0.05) is 0 Å². The summed E-state index contributed by atoms with van der Waals surface area (Å²) in [5.74, 6) is 1.46. The summed E-state index contributed by atoms with van der Waals surface area (Å²) in [7, 11) is 0. The quantitative estimate of drug-likeness (QED) is 0.668. The Bertz CT molecular complexity index is 453. The van der Waals surface area contributed by atoms with Gasteiger partial charge in [0, 0.05) is 13.1 Å². The molecular formula is C10H13N3O2. The Morgan fingerprint density at radius 3 is 3.27 bits per heavy atom. The molecule has 2 aliphatic rings. The topological polar surface area (TPSA) is 56.2 Å². The lowest BCUT2D eigenvalue weighted by atomic mass is 10.2. The van der Waals surface area contributed by atoms with Gasteiger partial charge in [-0.25, -0.2) is 4.79 Å². The van der Waals surface area contributed by atoms with Crippen molar-refractivity contribution in [2.45, 2.75) is 25.8 Å². The molecule has 0 fully saturated rings. The smallest absolute Gasteiger partial charge is 0.352 e. The molecule has 5 nitrogen and oxygen atoms in total. The third-order valence-corrected chi connectivity index (χ3v) is 2.91. The van der Waals surface area contributed by atoms with Crippen molar-refractivity contribution in [2.75, 3.05) is 18.5 Å². The van der Waals surface area contributed by atoms with E-state index < -0.39 is 0 Å². The van der Waals surface area contributed by atoms with E-state index in [2.05, 4.69) is 10.3 Å². The van der Waals surface area contributed by atoms with Gasteiger partial charge in [0.1, 0.15) is 5.82 Å². The van der Waals surface area contributed by atoms with Crippen LogP contribution in [0.25, 0.3) is 0 Å². The normalized spacial score (nSPS) is 18.4. The van der Waals surface area contributed by atoms with Gasteiger partial charge in [0.15, 0.2) is 0 Å². The van der Waals surface area contributed by atoms with Crippen LogP contribution in [0.15, 0.2) is 4.79 Å². The van der Waals surface area contributed by atoms with Crippen LogP contribution >= 0.6 is 0 Å². The summed E-state index contributed by atoms with van der Waals surface area (Å²) in [4.78, 5) is 15.7. The molecule has 80 valence electrons. The fourth-order valence-electron chi connectivity index (χ4n) is 2.16. The van der Waals surface area contributed by atoms with Crippen molar-refractivity contribution in [1.29, 1.82) is 0 Å². The van der Waals surface area contributed by atoms with E-state index in [1.165, 1.54) is 0 Å². The zero-order chi connectivity index (χ0) is 10.3. The number of rotatable bonds is 0. The standard InChI is InChI=1S/C10H13N3O2/c14-10-12-8-7(3-4-11-8)9-13(10)5-1-2-6-15-9/h1-6H2,(H,11,12,14). The van der Waals surface area contributed by atoms with Crippen molar-refractivity contribution >= 4 is 5.82 Å². The third-order valence-electron chi connectivity index (χ3n) is 2.91. The first-order valence-electron chi connectivity index (χ1n) is 5.36. The third kappa shape index (κ3) is 1.30. The molecule has 0 radical (unpaired) electrons. The molecule has 0 saturated heterocycles. The van der Waals surface area contributed by atoms with Crippen LogP contribution in [0.1, 0.15) is 18.4 Å². The fourth-order valence-corrected chi connectivity index (χ4v) is 2.16. The lowest BCUT2D eigenvalue weighted by Gasteiger charge is -2.11. The summed E-state index contributed by atoms with van der Waals surface area (Å²) in [5.41, 5.74) is 0.872. The first-order chi connectivity index (χ1) is 7.36. The van der Waals surface area contributed by atoms with E-state index in [-0.39, 0.29) is 5.69 Å². The SMILES string of the molecule is O=c1nc2c(c3n1CCCCO3)CCN2. The Hall–Kier alpha value is -1.52. The molecule has 0 bridgehead atoms. The summed E-state index contributed by atoms with van der Waals surface area (Å²) in [6.07, 6.45) is 2.89. The summed E-state index contributed by atoms with van der Waals surface area (Å²) in [6.45, 7) is 2.28. The number of hydrogen-bond donors (Lipinski definition) is 1. The van der Waals surface area contributed by atoms with Crippen LogP contribution in [-0.2, 0) is 13.0 Å². The van der Waals surface area contributed by atoms with E-state index >= 15 is 0 Å². The van der Waals surface area contributed by atoms with Crippen molar-refractivity contribution in [1.82, 2.24) is 9.55 Å². The fraction of sp³-hybridized carbons (Fsp3) is 0.600. The summed E-state index contributed by atoms with van der Waals surface area (Å²) in [5, 5.41) is 3.11. The Morgan fingerprint density at radius 1 is 1.40 bits per heavy atom. The predicted octanol–water partition coefficient (Wildman–Crippen LogP) is 0.384. The molecule has 0 unspecified atom stereocenters. The van der Waals surface area contributed by atoms with Gasteiger partial charge in [0.05, 0.1) is 12.2 Å². The molecule has 0 spiro atoms. The van der Waals surface area contributed by atoms with E-state index in [0.717, 1.165) is 43.8 Å². The lowest BCUT2D eigenvalue weighted by Crippen LogP contribution is -2.24. The zero-order valence-corrected chi connectivity index (χ0v) is 8.45. The molecule has 1 N–H and O–H groups in total. The van der Waals surface area contributed by atoms with Crippen LogP contribution in [0.2, 0.25) is 0 Å². The molecule has 0 saturated carbocycles. The van der Waals surface area contributed by atoms with E-state index in [1.54, 1.807) is 4.57 Å². The maximum absolute atomic E-state index is 11.7. The molecule has 0 atom stereocenters. The highest BCUT2D eigenvalue weighted by atomic mass is 16.5. The molecule has 1 aromatic heterocycles. The molecule has 1 aromatic rings. The first-order valence-corrected chi connectivity index (χ1v) is 5.36. The van der Waals surface area contributed by atoms with Crippen LogP contribution in [0.3, 0.4) is 0 Å². The van der Waals surface area contributed by atoms with Crippen molar-refractivity contribution in [3.8, 4) is 5.88 Å². The number of nitrogens with one attached hydrogen (secondary N) is 1. The maximum atomic E-state index is 11.7. The largest absolute Gasteiger partial charge is 0.478 e. The Balaban J connectivity index is 2.22. The highest BCUT2D eigenvalue weighted by Gasteiger charge is 2.23. The average Bonchev–Trinajstić information content (AvgIpc) is 2.54. The molecule has 2 aliphatic heterocycles. The lowest BCUT2D eigenvalue weighted by molar-refractivity contribution is 0.300. The van der Waals surface area contributed by atoms with Gasteiger partial charge < -0.3 is 10.1 Å². The van der Waals surface area contributed by atoms with E-state index in [4.69, 9.17) is 4.74 Å². The van der Waals surface area contributed by atoms with Crippen molar-refractivity contribution < 1.29 is 4.74 Å². The van der Waals surface area contributed by atoms with Crippen LogP contribution in [0.4, 0.5) is 5.82 Å². The van der Waals surface area contributed by atoms with Crippen LogP contribution in [0, 0.1) is 0 Å². The van der Waals surface area contributed by atoms with Crippen LogP contribution < -0.4 is 15.7 Å². The Kier molecular flexibility index (Phi) is 1.90. The first kappa shape index (κ1) is 8.76. The summed E-state index contributed by atoms with van der Waals surface area (Å²) in [6, 6.07) is 0. The molecule has 5 heteroatoms. The minimum atomic E-state index is -0.194. The number of hydrogen-bond acceptors (Lipinski definition) is 4. The monoisotopic (exact) mass is 207 g/mol. The highest BCUT2D eigenvalue weighted by molar-refractivity contribution is 5.53. The van der Waals surface area contributed by atoms with Gasteiger partial charge in [0.25, 0.3) is 0 Å². The number of ether oxygens (including phenoxy) is 1. The van der Waals surface area contributed by atoms with E-state index in [1.807, 2.05) is 0 Å². The molecular weight excluding hydrogens is 194 g/mol. The average molecular weight is 207 g/mol. The molecule has 15 heavy (non-hydrogen) atoms. The van der Waals surface area contributed by atoms with Gasteiger partial charge in [0.2, 0.25) is 5.88 Å². The molecule has 3 rings (SSSR count). The number of nitrogens with zero attached hydrogens (tertiary/aromatic N) is 2. The van der Waals surface area contributed by atoms with Crippen molar-refractivity contribution in [3.63, 3.8) is 0 Å². The molecule has 0 aromatic carbocycles. The van der Waals surface area contributed by atoms with Crippen LogP contribution in [-0.4, -0.2) is 22.7 Å². The second-order valence-corrected chi connectivity index (χ2v) is 3.91. The van der Waals surface area contributed by atoms with E-state index in [0.29, 0.717) is 12.4 Å². The minimum absolute atomic E-state index is 0.194. The number of aromatic nitrogens is 2. The second-order valence-electron chi connectivity index (χ2n) is 3.91.